The molecule has 0 bridgehead atoms. The van der Waals surface area contributed by atoms with E-state index >= 15 is 0 Å². The lowest BCUT2D eigenvalue weighted by Gasteiger charge is -2.26. The number of hydrogen-bond acceptors (Lipinski definition) is 9. The van der Waals surface area contributed by atoms with Crippen LogP contribution in [-0.4, -0.2) is 71.6 Å². The molecule has 1 saturated heterocycles. The first-order valence-corrected chi connectivity index (χ1v) is 10.8. The van der Waals surface area contributed by atoms with Crippen molar-refractivity contribution in [1.29, 1.82) is 0 Å². The van der Waals surface area contributed by atoms with Crippen LogP contribution in [-0.2, 0) is 4.74 Å². The maximum Gasteiger partial charge on any atom is 0.240 e. The highest BCUT2D eigenvalue weighted by molar-refractivity contribution is 5.87. The summed E-state index contributed by atoms with van der Waals surface area (Å²) >= 11 is 0. The molecule has 10 nitrogen and oxygen atoms in total. The third-order valence-electron chi connectivity index (χ3n) is 5.45. The molecular formula is C23H26ClN5O5. The number of nitrogens with zero attached hydrogens (tertiary/aromatic N) is 4. The Morgan fingerprint density at radius 2 is 2.00 bits per heavy atom. The first-order valence-electron chi connectivity index (χ1n) is 10.8. The number of methoxy groups -OCH3 is 1. The van der Waals surface area contributed by atoms with Crippen molar-refractivity contribution >= 4 is 23.3 Å². The number of benzene rings is 1. The number of aromatic amines is 1. The van der Waals surface area contributed by atoms with Crippen molar-refractivity contribution in [3.8, 4) is 34.5 Å². The van der Waals surface area contributed by atoms with Gasteiger partial charge in [0, 0.05) is 37.3 Å². The second-order valence-corrected chi connectivity index (χ2v) is 7.59. The van der Waals surface area contributed by atoms with Crippen molar-refractivity contribution in [3.05, 3.63) is 43.1 Å². The molecule has 0 spiro atoms. The topological polar surface area (TPSA) is 108 Å². The van der Waals surface area contributed by atoms with E-state index in [9.17, 15) is 0 Å². The van der Waals surface area contributed by atoms with E-state index in [0.717, 1.165) is 50.5 Å². The number of rotatable bonds is 9. The highest BCUT2D eigenvalue weighted by atomic mass is 35.5. The molecule has 0 atom stereocenters. The molecule has 180 valence electrons. The van der Waals surface area contributed by atoms with E-state index in [4.69, 9.17) is 23.4 Å². The summed E-state index contributed by atoms with van der Waals surface area (Å²) in [5, 5.41) is 7.83. The second kappa shape index (κ2) is 11.2. The summed E-state index contributed by atoms with van der Waals surface area (Å²) in [6.45, 7) is 5.09. The lowest BCUT2D eigenvalue weighted by Crippen LogP contribution is -2.37. The molecule has 0 amide bonds. The molecule has 0 unspecified atom stereocenters. The molecule has 1 aromatic carbocycles. The van der Waals surface area contributed by atoms with Crippen molar-refractivity contribution in [3.63, 3.8) is 0 Å². The van der Waals surface area contributed by atoms with Gasteiger partial charge in [0.1, 0.15) is 6.33 Å². The molecule has 0 saturated carbocycles. The van der Waals surface area contributed by atoms with Gasteiger partial charge in [0.05, 0.1) is 56.1 Å². The Labute approximate surface area is 202 Å². The SMILES string of the molecule is COc1cc2c(Oc3cc(-c4ccoc4)[nH]n3)ncnc2cc1OCCCN1CCOCC1.Cl. The number of halogens is 1. The molecule has 11 heteroatoms. The van der Waals surface area contributed by atoms with E-state index < -0.39 is 0 Å². The first kappa shape index (κ1) is 23.8. The van der Waals surface area contributed by atoms with Gasteiger partial charge in [-0.05, 0) is 18.6 Å². The van der Waals surface area contributed by atoms with Gasteiger partial charge >= 0.3 is 0 Å². The van der Waals surface area contributed by atoms with Gasteiger partial charge in [-0.1, -0.05) is 0 Å². The molecule has 1 fully saturated rings. The molecule has 5 rings (SSSR count). The summed E-state index contributed by atoms with van der Waals surface area (Å²) in [5.41, 5.74) is 2.35. The smallest absolute Gasteiger partial charge is 0.240 e. The van der Waals surface area contributed by atoms with Gasteiger partial charge in [-0.25, -0.2) is 9.97 Å². The third kappa shape index (κ3) is 5.41. The number of ether oxygens (including phenoxy) is 4. The number of nitrogens with one attached hydrogen (secondary N) is 1. The number of aromatic nitrogens is 4. The molecular weight excluding hydrogens is 462 g/mol. The summed E-state index contributed by atoms with van der Waals surface area (Å²) in [4.78, 5) is 11.0. The largest absolute Gasteiger partial charge is 0.493 e. The molecule has 4 aromatic rings. The van der Waals surface area contributed by atoms with Crippen LogP contribution in [0.25, 0.3) is 22.2 Å². The van der Waals surface area contributed by atoms with Crippen LogP contribution in [0.1, 0.15) is 6.42 Å². The predicted molar refractivity (Wildman–Crippen MR) is 127 cm³/mol. The normalized spacial score (nSPS) is 14.0. The van der Waals surface area contributed by atoms with E-state index in [0.29, 0.717) is 40.8 Å². The standard InChI is InChI=1S/C23H25N5O5.ClH/c1-29-20-11-17-19(12-21(20)32-7-2-4-28-5-9-30-10-6-28)24-15-25-23(17)33-22-13-18(26-27-22)16-3-8-31-14-16;/h3,8,11-15H,2,4-7,9-10H2,1H3,(H,26,27);1H. The average Bonchev–Trinajstić information content (AvgIpc) is 3.54. The number of hydrogen-bond donors (Lipinski definition) is 1. The third-order valence-corrected chi connectivity index (χ3v) is 5.45. The Bertz CT molecular complexity index is 1190. The van der Waals surface area contributed by atoms with Crippen molar-refractivity contribution in [2.45, 2.75) is 6.42 Å². The highest BCUT2D eigenvalue weighted by Gasteiger charge is 2.15. The van der Waals surface area contributed by atoms with E-state index in [1.807, 2.05) is 18.2 Å². The first-order chi connectivity index (χ1) is 16.3. The van der Waals surface area contributed by atoms with Gasteiger partial charge in [0.25, 0.3) is 0 Å². The van der Waals surface area contributed by atoms with E-state index in [1.165, 1.54) is 6.33 Å². The molecule has 34 heavy (non-hydrogen) atoms. The maximum atomic E-state index is 6.02. The summed E-state index contributed by atoms with van der Waals surface area (Å²) in [6, 6.07) is 7.29. The maximum absolute atomic E-state index is 6.02. The van der Waals surface area contributed by atoms with Crippen LogP contribution < -0.4 is 14.2 Å². The number of fused-ring (bicyclic) bond motifs is 1. The fraction of sp³-hybridized carbons (Fsp3) is 0.348. The van der Waals surface area contributed by atoms with Crippen LogP contribution in [0, 0.1) is 0 Å². The second-order valence-electron chi connectivity index (χ2n) is 7.59. The zero-order chi connectivity index (χ0) is 22.5. The predicted octanol–water partition coefficient (Wildman–Crippen LogP) is 3.94. The van der Waals surface area contributed by atoms with Crippen molar-refractivity contribution in [2.24, 2.45) is 0 Å². The quantitative estimate of drug-likeness (QED) is 0.351. The summed E-state index contributed by atoms with van der Waals surface area (Å²) in [7, 11) is 1.61. The fourth-order valence-electron chi connectivity index (χ4n) is 3.71. The number of morpholine rings is 1. The van der Waals surface area contributed by atoms with Gasteiger partial charge in [-0.15, -0.1) is 17.5 Å². The fourth-order valence-corrected chi connectivity index (χ4v) is 3.71. The number of furan rings is 1. The number of H-pyrrole nitrogens is 1. The minimum Gasteiger partial charge on any atom is -0.493 e. The molecule has 0 aliphatic carbocycles. The van der Waals surface area contributed by atoms with Crippen LogP contribution in [0.15, 0.2) is 47.5 Å². The average molecular weight is 488 g/mol. The minimum atomic E-state index is 0. The van der Waals surface area contributed by atoms with Crippen LogP contribution in [0.5, 0.6) is 23.3 Å². The van der Waals surface area contributed by atoms with E-state index in [-0.39, 0.29) is 12.4 Å². The Morgan fingerprint density at radius 1 is 1.12 bits per heavy atom. The molecule has 1 aliphatic rings. The van der Waals surface area contributed by atoms with Gasteiger partial charge < -0.3 is 23.4 Å². The van der Waals surface area contributed by atoms with Crippen molar-refractivity contribution in [2.75, 3.05) is 46.6 Å². The van der Waals surface area contributed by atoms with Crippen molar-refractivity contribution < 1.29 is 23.4 Å². The van der Waals surface area contributed by atoms with E-state index in [2.05, 4.69) is 25.1 Å². The van der Waals surface area contributed by atoms with Crippen LogP contribution in [0.4, 0.5) is 0 Å². The highest BCUT2D eigenvalue weighted by Crippen LogP contribution is 2.36. The molecule has 0 radical (unpaired) electrons. The monoisotopic (exact) mass is 487 g/mol. The molecule has 1 aliphatic heterocycles. The zero-order valence-corrected chi connectivity index (χ0v) is 19.5. The van der Waals surface area contributed by atoms with E-state index in [1.54, 1.807) is 25.7 Å². The molecule has 1 N–H and O–H groups in total. The van der Waals surface area contributed by atoms with Crippen LogP contribution in [0.2, 0.25) is 0 Å². The Morgan fingerprint density at radius 3 is 2.79 bits per heavy atom. The zero-order valence-electron chi connectivity index (χ0n) is 18.7. The minimum absolute atomic E-state index is 0. The van der Waals surface area contributed by atoms with Crippen LogP contribution >= 0.6 is 12.4 Å². The van der Waals surface area contributed by atoms with Gasteiger partial charge in [-0.3, -0.25) is 10.00 Å². The molecule has 4 heterocycles. The lowest BCUT2D eigenvalue weighted by atomic mass is 10.2. The summed E-state index contributed by atoms with van der Waals surface area (Å²) < 4.78 is 28.0. The lowest BCUT2D eigenvalue weighted by molar-refractivity contribution is 0.0357. The Balaban J connectivity index is 0.00000274. The van der Waals surface area contributed by atoms with Gasteiger partial charge in [-0.2, -0.15) is 0 Å². The molecule has 3 aromatic heterocycles. The Kier molecular flexibility index (Phi) is 7.84. The van der Waals surface area contributed by atoms with Gasteiger partial charge in [0.15, 0.2) is 11.5 Å². The van der Waals surface area contributed by atoms with Gasteiger partial charge in [0.2, 0.25) is 11.8 Å². The van der Waals surface area contributed by atoms with Crippen LogP contribution in [0.3, 0.4) is 0 Å². The Hall–Kier alpha value is -3.34. The summed E-state index contributed by atoms with van der Waals surface area (Å²) in [5.74, 6) is 1.99. The summed E-state index contributed by atoms with van der Waals surface area (Å²) in [6.07, 6.45) is 5.60. The van der Waals surface area contributed by atoms with Crippen molar-refractivity contribution in [1.82, 2.24) is 25.1 Å².